The molecule has 1 fully saturated rings. The Morgan fingerprint density at radius 3 is 2.41 bits per heavy atom. The molecule has 1 saturated heterocycles. The van der Waals surface area contributed by atoms with Crippen LogP contribution in [0.25, 0.3) is 0 Å². The number of rotatable bonds is 5. The molecule has 1 aliphatic heterocycles. The lowest BCUT2D eigenvalue weighted by molar-refractivity contribution is 0.0303. The van der Waals surface area contributed by atoms with Crippen molar-refractivity contribution in [2.75, 3.05) is 45.8 Å². The number of anilines is 1. The average molecular weight is 370 g/mol. The van der Waals surface area contributed by atoms with Crippen molar-refractivity contribution in [1.82, 2.24) is 4.90 Å². The van der Waals surface area contributed by atoms with Gasteiger partial charge >= 0.3 is 0 Å². The molecule has 7 heteroatoms. The van der Waals surface area contributed by atoms with Crippen molar-refractivity contribution in [1.29, 1.82) is 0 Å². The largest absolute Gasteiger partial charge is 0.493 e. The van der Waals surface area contributed by atoms with Crippen molar-refractivity contribution in [2.24, 2.45) is 0 Å². The summed E-state index contributed by atoms with van der Waals surface area (Å²) >= 11 is 0. The van der Waals surface area contributed by atoms with Crippen LogP contribution in [-0.2, 0) is 4.74 Å². The number of methoxy groups -OCH3 is 2. The standard InChI is InChI=1S/C20H22N2O5/c1-25-17-7-6-14(13-18(17)26-2)19(23)21-16-5-3-4-15(12-16)20(24)22-8-10-27-11-9-22/h3-7,12-13H,8-11H2,1-2H3,(H,21,23). The third-order valence-corrected chi connectivity index (χ3v) is 4.31. The van der Waals surface area contributed by atoms with Crippen molar-refractivity contribution >= 4 is 17.5 Å². The minimum atomic E-state index is -0.299. The Hall–Kier alpha value is -3.06. The Bertz CT molecular complexity index is 831. The van der Waals surface area contributed by atoms with Crippen LogP contribution in [0, 0.1) is 0 Å². The van der Waals surface area contributed by atoms with Gasteiger partial charge in [0.2, 0.25) is 0 Å². The molecule has 2 amide bonds. The second kappa shape index (κ2) is 8.55. The van der Waals surface area contributed by atoms with E-state index in [4.69, 9.17) is 14.2 Å². The zero-order valence-corrected chi connectivity index (χ0v) is 15.4. The number of hydrogen-bond acceptors (Lipinski definition) is 5. The molecule has 2 aromatic carbocycles. The van der Waals surface area contributed by atoms with Gasteiger partial charge in [0.1, 0.15) is 0 Å². The van der Waals surface area contributed by atoms with Crippen LogP contribution < -0.4 is 14.8 Å². The summed E-state index contributed by atoms with van der Waals surface area (Å²) in [6, 6.07) is 11.8. The van der Waals surface area contributed by atoms with Crippen LogP contribution in [-0.4, -0.2) is 57.2 Å². The minimum absolute atomic E-state index is 0.0690. The van der Waals surface area contributed by atoms with Gasteiger partial charge in [0, 0.05) is 29.9 Å². The molecule has 0 bridgehead atoms. The van der Waals surface area contributed by atoms with Gasteiger partial charge in [0.25, 0.3) is 11.8 Å². The van der Waals surface area contributed by atoms with Gasteiger partial charge in [-0.15, -0.1) is 0 Å². The van der Waals surface area contributed by atoms with E-state index in [-0.39, 0.29) is 11.8 Å². The fourth-order valence-electron chi connectivity index (χ4n) is 2.86. The molecular formula is C20H22N2O5. The zero-order chi connectivity index (χ0) is 19.2. The molecule has 0 spiro atoms. The van der Waals surface area contributed by atoms with Gasteiger partial charge in [0.15, 0.2) is 11.5 Å². The lowest BCUT2D eigenvalue weighted by Crippen LogP contribution is -2.40. The Morgan fingerprint density at radius 1 is 0.963 bits per heavy atom. The Balaban J connectivity index is 1.74. The number of carbonyl (C=O) groups excluding carboxylic acids is 2. The monoisotopic (exact) mass is 370 g/mol. The molecule has 0 atom stereocenters. The van der Waals surface area contributed by atoms with E-state index in [1.165, 1.54) is 14.2 Å². The van der Waals surface area contributed by atoms with Crippen molar-refractivity contribution in [3.63, 3.8) is 0 Å². The number of benzene rings is 2. The second-order valence-corrected chi connectivity index (χ2v) is 6.01. The van der Waals surface area contributed by atoms with E-state index in [2.05, 4.69) is 5.32 Å². The zero-order valence-electron chi connectivity index (χ0n) is 15.4. The molecule has 2 aromatic rings. The van der Waals surface area contributed by atoms with Gasteiger partial charge in [-0.05, 0) is 36.4 Å². The molecule has 1 heterocycles. The van der Waals surface area contributed by atoms with Crippen LogP contribution in [0.5, 0.6) is 11.5 Å². The number of nitrogens with zero attached hydrogens (tertiary/aromatic N) is 1. The molecule has 1 N–H and O–H groups in total. The van der Waals surface area contributed by atoms with Gasteiger partial charge in [-0.1, -0.05) is 6.07 Å². The number of ether oxygens (including phenoxy) is 3. The van der Waals surface area contributed by atoms with E-state index >= 15 is 0 Å². The molecule has 0 radical (unpaired) electrons. The highest BCUT2D eigenvalue weighted by Gasteiger charge is 2.19. The lowest BCUT2D eigenvalue weighted by Gasteiger charge is -2.27. The summed E-state index contributed by atoms with van der Waals surface area (Å²) in [7, 11) is 3.05. The van der Waals surface area contributed by atoms with E-state index in [1.807, 2.05) is 0 Å². The number of morpholine rings is 1. The minimum Gasteiger partial charge on any atom is -0.493 e. The van der Waals surface area contributed by atoms with Crippen LogP contribution in [0.1, 0.15) is 20.7 Å². The molecule has 0 aliphatic carbocycles. The number of carbonyl (C=O) groups is 2. The highest BCUT2D eigenvalue weighted by molar-refractivity contribution is 6.05. The van der Waals surface area contributed by atoms with E-state index in [0.29, 0.717) is 54.6 Å². The number of amides is 2. The third kappa shape index (κ3) is 4.38. The van der Waals surface area contributed by atoms with E-state index in [1.54, 1.807) is 47.4 Å². The van der Waals surface area contributed by atoms with Gasteiger partial charge in [0.05, 0.1) is 27.4 Å². The van der Waals surface area contributed by atoms with Crippen molar-refractivity contribution in [3.8, 4) is 11.5 Å². The first kappa shape index (κ1) is 18.7. The SMILES string of the molecule is COc1ccc(C(=O)Nc2cccc(C(=O)N3CCOCC3)c2)cc1OC. The van der Waals surface area contributed by atoms with Crippen molar-refractivity contribution < 1.29 is 23.8 Å². The smallest absolute Gasteiger partial charge is 0.255 e. The van der Waals surface area contributed by atoms with Crippen molar-refractivity contribution in [2.45, 2.75) is 0 Å². The van der Waals surface area contributed by atoms with Gasteiger partial charge < -0.3 is 24.4 Å². The molecule has 0 saturated carbocycles. The topological polar surface area (TPSA) is 77.1 Å². The van der Waals surface area contributed by atoms with Gasteiger partial charge in [-0.3, -0.25) is 9.59 Å². The fourth-order valence-corrected chi connectivity index (χ4v) is 2.86. The maximum absolute atomic E-state index is 12.6. The first-order valence-corrected chi connectivity index (χ1v) is 8.63. The molecule has 0 aromatic heterocycles. The predicted octanol–water partition coefficient (Wildman–Crippen LogP) is 2.43. The molecule has 3 rings (SSSR count). The molecule has 142 valence electrons. The summed E-state index contributed by atoms with van der Waals surface area (Å²) in [6.45, 7) is 2.23. The van der Waals surface area contributed by atoms with Crippen molar-refractivity contribution in [3.05, 3.63) is 53.6 Å². The Morgan fingerprint density at radius 2 is 1.70 bits per heavy atom. The summed E-state index contributed by atoms with van der Waals surface area (Å²) in [5.74, 6) is 0.654. The van der Waals surface area contributed by atoms with Gasteiger partial charge in [-0.2, -0.15) is 0 Å². The first-order valence-electron chi connectivity index (χ1n) is 8.63. The summed E-state index contributed by atoms with van der Waals surface area (Å²) in [6.07, 6.45) is 0. The summed E-state index contributed by atoms with van der Waals surface area (Å²) < 4.78 is 15.7. The Labute approximate surface area is 157 Å². The summed E-state index contributed by atoms with van der Waals surface area (Å²) in [4.78, 5) is 26.9. The van der Waals surface area contributed by atoms with Crippen LogP contribution in [0.3, 0.4) is 0 Å². The quantitative estimate of drug-likeness (QED) is 0.875. The molecular weight excluding hydrogens is 348 g/mol. The van der Waals surface area contributed by atoms with Crippen LogP contribution >= 0.6 is 0 Å². The molecule has 27 heavy (non-hydrogen) atoms. The van der Waals surface area contributed by atoms with Crippen LogP contribution in [0.2, 0.25) is 0 Å². The van der Waals surface area contributed by atoms with Gasteiger partial charge in [-0.25, -0.2) is 0 Å². The lowest BCUT2D eigenvalue weighted by atomic mass is 10.1. The molecule has 0 unspecified atom stereocenters. The predicted molar refractivity (Wildman–Crippen MR) is 101 cm³/mol. The summed E-state index contributed by atoms with van der Waals surface area (Å²) in [5, 5.41) is 2.81. The molecule has 7 nitrogen and oxygen atoms in total. The highest BCUT2D eigenvalue weighted by atomic mass is 16.5. The second-order valence-electron chi connectivity index (χ2n) is 6.01. The number of hydrogen-bond donors (Lipinski definition) is 1. The number of nitrogens with one attached hydrogen (secondary N) is 1. The van der Waals surface area contributed by atoms with E-state index in [9.17, 15) is 9.59 Å². The van der Waals surface area contributed by atoms with E-state index < -0.39 is 0 Å². The van der Waals surface area contributed by atoms with Crippen LogP contribution in [0.15, 0.2) is 42.5 Å². The maximum Gasteiger partial charge on any atom is 0.255 e. The molecule has 1 aliphatic rings. The summed E-state index contributed by atoms with van der Waals surface area (Å²) in [5.41, 5.74) is 1.51. The first-order chi connectivity index (χ1) is 13.1. The maximum atomic E-state index is 12.6. The Kier molecular flexibility index (Phi) is 5.93. The van der Waals surface area contributed by atoms with E-state index in [0.717, 1.165) is 0 Å². The third-order valence-electron chi connectivity index (χ3n) is 4.31. The normalized spacial score (nSPS) is 13.8. The van der Waals surface area contributed by atoms with Crippen LogP contribution in [0.4, 0.5) is 5.69 Å². The average Bonchev–Trinajstić information content (AvgIpc) is 2.73. The highest BCUT2D eigenvalue weighted by Crippen LogP contribution is 2.28. The fraction of sp³-hybridized carbons (Fsp3) is 0.300.